The van der Waals surface area contributed by atoms with Gasteiger partial charge in [0.2, 0.25) is 0 Å². The first-order valence-corrected chi connectivity index (χ1v) is 8.09. The van der Waals surface area contributed by atoms with Crippen LogP contribution in [-0.2, 0) is 9.53 Å². The molecule has 0 aromatic heterocycles. The molecule has 0 aliphatic carbocycles. The number of allylic oxidation sites excluding steroid dienone is 4. The Kier molecular flexibility index (Phi) is 13.6. The molecule has 0 spiro atoms. The Morgan fingerprint density at radius 1 is 1.10 bits per heavy atom. The third kappa shape index (κ3) is 13.4. The number of hydrogen-bond acceptors (Lipinski definition) is 2. The summed E-state index contributed by atoms with van der Waals surface area (Å²) in [4.78, 5) is 11.0. The van der Waals surface area contributed by atoms with E-state index in [1.54, 1.807) is 0 Å². The average Bonchev–Trinajstić information content (AvgIpc) is 2.46. The zero-order valence-corrected chi connectivity index (χ0v) is 13.6. The normalized spacial score (nSPS) is 13.2. The van der Waals surface area contributed by atoms with E-state index in [0.717, 1.165) is 12.8 Å². The molecule has 0 N–H and O–H groups in total. The van der Waals surface area contributed by atoms with Gasteiger partial charge in [-0.15, -0.1) is 0 Å². The standard InChI is InChI=1S/C18H32O2/c1-4-5-6-7-8-9-10-11-12-13-14-17(2)15-16-18(19)20-3/h10-13,17H,4-9,14-16H2,1-3H3/b11-10+,13-12+. The van der Waals surface area contributed by atoms with E-state index < -0.39 is 0 Å². The molecule has 1 atom stereocenters. The fourth-order valence-corrected chi connectivity index (χ4v) is 2.01. The van der Waals surface area contributed by atoms with Gasteiger partial charge in [0.15, 0.2) is 0 Å². The molecule has 0 rings (SSSR count). The van der Waals surface area contributed by atoms with E-state index in [1.807, 2.05) is 0 Å². The summed E-state index contributed by atoms with van der Waals surface area (Å²) in [5.74, 6) is 0.427. The fourth-order valence-electron chi connectivity index (χ4n) is 2.01. The highest BCUT2D eigenvalue weighted by Crippen LogP contribution is 2.11. The van der Waals surface area contributed by atoms with Crippen LogP contribution in [0.15, 0.2) is 24.3 Å². The van der Waals surface area contributed by atoms with Gasteiger partial charge in [0.25, 0.3) is 0 Å². The van der Waals surface area contributed by atoms with Crippen LogP contribution in [-0.4, -0.2) is 13.1 Å². The van der Waals surface area contributed by atoms with Crippen molar-refractivity contribution in [2.24, 2.45) is 5.92 Å². The largest absolute Gasteiger partial charge is 0.469 e. The summed E-state index contributed by atoms with van der Waals surface area (Å²) in [6.45, 7) is 4.42. The van der Waals surface area contributed by atoms with Gasteiger partial charge < -0.3 is 4.74 Å². The van der Waals surface area contributed by atoms with Gasteiger partial charge in [0, 0.05) is 6.42 Å². The second-order valence-electron chi connectivity index (χ2n) is 5.51. The number of esters is 1. The Labute approximate surface area is 125 Å². The molecule has 0 bridgehead atoms. The first-order chi connectivity index (χ1) is 9.70. The summed E-state index contributed by atoms with van der Waals surface area (Å²) in [5.41, 5.74) is 0. The molecule has 0 heterocycles. The van der Waals surface area contributed by atoms with Gasteiger partial charge >= 0.3 is 5.97 Å². The molecule has 0 amide bonds. The van der Waals surface area contributed by atoms with Gasteiger partial charge in [0.1, 0.15) is 0 Å². The zero-order chi connectivity index (χ0) is 15.1. The lowest BCUT2D eigenvalue weighted by molar-refractivity contribution is -0.140. The molecule has 0 aromatic rings. The topological polar surface area (TPSA) is 26.3 Å². The molecule has 2 nitrogen and oxygen atoms in total. The molecule has 0 radical (unpaired) electrons. The maximum absolute atomic E-state index is 11.0. The number of carbonyl (C=O) groups excluding carboxylic acids is 1. The molecule has 0 saturated heterocycles. The molecule has 116 valence electrons. The molecule has 0 aliphatic rings. The molecule has 2 heteroatoms. The number of ether oxygens (including phenoxy) is 1. The summed E-state index contributed by atoms with van der Waals surface area (Å²) in [5, 5.41) is 0. The van der Waals surface area contributed by atoms with E-state index in [-0.39, 0.29) is 5.97 Å². The summed E-state index contributed by atoms with van der Waals surface area (Å²) in [6.07, 6.45) is 19.1. The van der Waals surface area contributed by atoms with E-state index in [4.69, 9.17) is 0 Å². The van der Waals surface area contributed by atoms with Crippen LogP contribution in [0.4, 0.5) is 0 Å². The van der Waals surface area contributed by atoms with Crippen LogP contribution in [0.25, 0.3) is 0 Å². The molecule has 0 saturated carbocycles. The second kappa shape index (κ2) is 14.4. The third-order valence-electron chi connectivity index (χ3n) is 3.47. The van der Waals surface area contributed by atoms with E-state index in [1.165, 1.54) is 45.6 Å². The summed E-state index contributed by atoms with van der Waals surface area (Å²) in [7, 11) is 1.44. The van der Waals surface area contributed by atoms with Crippen LogP contribution >= 0.6 is 0 Å². The molecule has 0 aliphatic heterocycles. The lowest BCUT2D eigenvalue weighted by Crippen LogP contribution is -2.03. The Morgan fingerprint density at radius 3 is 2.50 bits per heavy atom. The van der Waals surface area contributed by atoms with Crippen molar-refractivity contribution in [1.29, 1.82) is 0 Å². The number of unbranched alkanes of at least 4 members (excludes halogenated alkanes) is 5. The van der Waals surface area contributed by atoms with Crippen molar-refractivity contribution < 1.29 is 9.53 Å². The molecule has 0 aromatic carbocycles. The minimum absolute atomic E-state index is 0.108. The van der Waals surface area contributed by atoms with Crippen molar-refractivity contribution in [3.05, 3.63) is 24.3 Å². The highest BCUT2D eigenvalue weighted by molar-refractivity contribution is 5.69. The predicted molar refractivity (Wildman–Crippen MR) is 86.7 cm³/mol. The van der Waals surface area contributed by atoms with Crippen molar-refractivity contribution >= 4 is 5.97 Å². The quantitative estimate of drug-likeness (QED) is 0.270. The average molecular weight is 280 g/mol. The Balaban J connectivity index is 3.47. The van der Waals surface area contributed by atoms with Crippen molar-refractivity contribution in [1.82, 2.24) is 0 Å². The van der Waals surface area contributed by atoms with Crippen LogP contribution in [0, 0.1) is 5.92 Å². The first-order valence-electron chi connectivity index (χ1n) is 8.09. The van der Waals surface area contributed by atoms with Gasteiger partial charge in [-0.1, -0.05) is 63.8 Å². The van der Waals surface area contributed by atoms with Gasteiger partial charge in [-0.05, 0) is 31.6 Å². The lowest BCUT2D eigenvalue weighted by atomic mass is 10.0. The zero-order valence-electron chi connectivity index (χ0n) is 13.6. The van der Waals surface area contributed by atoms with Crippen LogP contribution in [0.3, 0.4) is 0 Å². The predicted octanol–water partition coefficient (Wildman–Crippen LogP) is 5.44. The summed E-state index contributed by atoms with van der Waals surface area (Å²) >= 11 is 0. The van der Waals surface area contributed by atoms with Crippen molar-refractivity contribution in [3.8, 4) is 0 Å². The van der Waals surface area contributed by atoms with Crippen LogP contribution in [0.2, 0.25) is 0 Å². The van der Waals surface area contributed by atoms with E-state index in [0.29, 0.717) is 12.3 Å². The number of rotatable bonds is 12. The number of methoxy groups -OCH3 is 1. The minimum atomic E-state index is -0.108. The molecule has 20 heavy (non-hydrogen) atoms. The SMILES string of the molecule is CCCCCCC/C=C/C=C/CC(C)CCC(=O)OC. The first kappa shape index (κ1) is 18.9. The third-order valence-corrected chi connectivity index (χ3v) is 3.47. The Bertz CT molecular complexity index is 279. The smallest absolute Gasteiger partial charge is 0.305 e. The van der Waals surface area contributed by atoms with Gasteiger partial charge in [-0.25, -0.2) is 0 Å². The summed E-state index contributed by atoms with van der Waals surface area (Å²) in [6, 6.07) is 0. The second-order valence-corrected chi connectivity index (χ2v) is 5.51. The van der Waals surface area contributed by atoms with Crippen molar-refractivity contribution in [2.75, 3.05) is 7.11 Å². The molecular weight excluding hydrogens is 248 g/mol. The minimum Gasteiger partial charge on any atom is -0.469 e. The van der Waals surface area contributed by atoms with Gasteiger partial charge in [0.05, 0.1) is 7.11 Å². The molecular formula is C18H32O2. The molecule has 0 fully saturated rings. The van der Waals surface area contributed by atoms with Crippen molar-refractivity contribution in [3.63, 3.8) is 0 Å². The fraction of sp³-hybridized carbons (Fsp3) is 0.722. The van der Waals surface area contributed by atoms with Gasteiger partial charge in [-0.2, -0.15) is 0 Å². The van der Waals surface area contributed by atoms with Gasteiger partial charge in [-0.3, -0.25) is 4.79 Å². The number of hydrogen-bond donors (Lipinski definition) is 0. The van der Waals surface area contributed by atoms with Crippen LogP contribution in [0.5, 0.6) is 0 Å². The number of carbonyl (C=O) groups is 1. The highest BCUT2D eigenvalue weighted by atomic mass is 16.5. The lowest BCUT2D eigenvalue weighted by Gasteiger charge is -2.06. The van der Waals surface area contributed by atoms with E-state index >= 15 is 0 Å². The maximum atomic E-state index is 11.0. The van der Waals surface area contributed by atoms with E-state index in [2.05, 4.69) is 42.9 Å². The van der Waals surface area contributed by atoms with Crippen molar-refractivity contribution in [2.45, 2.75) is 71.6 Å². The van der Waals surface area contributed by atoms with Crippen LogP contribution < -0.4 is 0 Å². The summed E-state index contributed by atoms with van der Waals surface area (Å²) < 4.78 is 4.64. The Hall–Kier alpha value is -1.05. The maximum Gasteiger partial charge on any atom is 0.305 e. The van der Waals surface area contributed by atoms with Crippen LogP contribution in [0.1, 0.15) is 71.6 Å². The van der Waals surface area contributed by atoms with E-state index in [9.17, 15) is 4.79 Å². The molecule has 1 unspecified atom stereocenters. The highest BCUT2D eigenvalue weighted by Gasteiger charge is 2.04. The Morgan fingerprint density at radius 2 is 1.80 bits per heavy atom. The monoisotopic (exact) mass is 280 g/mol.